The Labute approximate surface area is 276 Å². The van der Waals surface area contributed by atoms with Crippen molar-refractivity contribution in [2.45, 2.75) is 39.0 Å². The van der Waals surface area contributed by atoms with Gasteiger partial charge in [0.15, 0.2) is 17.3 Å². The minimum atomic E-state index is -1.76. The predicted octanol–water partition coefficient (Wildman–Crippen LogP) is 8.98. The Balaban J connectivity index is 1.26. The molecular weight excluding hydrogens is 637 g/mol. The zero-order chi connectivity index (χ0) is 32.4. The second-order valence-corrected chi connectivity index (χ2v) is 13.7. The van der Waals surface area contributed by atoms with Crippen molar-refractivity contribution in [3.63, 3.8) is 0 Å². The van der Waals surface area contributed by atoms with Gasteiger partial charge in [0, 0.05) is 34.0 Å². The minimum absolute atomic E-state index is 0.225. The summed E-state index contributed by atoms with van der Waals surface area (Å²) in [4.78, 5) is 38.7. The zero-order valence-corrected chi connectivity index (χ0v) is 27.0. The van der Waals surface area contributed by atoms with Crippen LogP contribution in [-0.4, -0.2) is 43.4 Å². The summed E-state index contributed by atoms with van der Waals surface area (Å²) in [6, 6.07) is 25.0. The maximum Gasteiger partial charge on any atom is 0.188 e. The number of anilines is 3. The molecule has 0 aliphatic heterocycles. The molecule has 11 heteroatoms. The van der Waals surface area contributed by atoms with E-state index in [0.29, 0.717) is 16.7 Å². The largest absolute Gasteiger partial charge is 0.301 e. The molecule has 0 N–H and O–H groups in total. The van der Waals surface area contributed by atoms with Crippen LogP contribution in [0.4, 0.5) is 30.8 Å². The van der Waals surface area contributed by atoms with Crippen LogP contribution in [0.3, 0.4) is 0 Å². The molecule has 0 spiro atoms. The lowest BCUT2D eigenvalue weighted by molar-refractivity contribution is -0.123. The van der Waals surface area contributed by atoms with Crippen LogP contribution in [0.2, 0.25) is 0 Å². The maximum atomic E-state index is 14.1. The number of hydrogen-bond donors (Lipinski definition) is 0. The molecule has 2 aliphatic rings. The fourth-order valence-electron chi connectivity index (χ4n) is 6.59. The van der Waals surface area contributed by atoms with Gasteiger partial charge in [-0.25, -0.2) is 13.8 Å². The van der Waals surface area contributed by atoms with Gasteiger partial charge in [0.2, 0.25) is 0 Å². The van der Waals surface area contributed by atoms with Crippen molar-refractivity contribution >= 4 is 84.2 Å². The number of pyridine rings is 1. The lowest BCUT2D eigenvalue weighted by Crippen LogP contribution is -2.35. The summed E-state index contributed by atoms with van der Waals surface area (Å²) in [5.74, 6) is -2.87. The number of hydrogen-bond acceptors (Lipinski definition) is 9. The Morgan fingerprint density at radius 3 is 1.91 bits per heavy atom. The van der Waals surface area contributed by atoms with Crippen molar-refractivity contribution in [2.24, 2.45) is 16.8 Å². The molecule has 8 rings (SSSR count). The number of halogens is 2. The monoisotopic (exact) mass is 663 g/mol. The molecule has 0 amide bonds. The van der Waals surface area contributed by atoms with E-state index in [2.05, 4.69) is 93.2 Å². The van der Waals surface area contributed by atoms with Crippen LogP contribution in [0.25, 0.3) is 32.4 Å². The van der Waals surface area contributed by atoms with E-state index in [1.165, 1.54) is 17.3 Å². The van der Waals surface area contributed by atoms with Crippen molar-refractivity contribution < 1.29 is 18.4 Å². The molecule has 2 saturated carbocycles. The molecule has 4 atom stereocenters. The van der Waals surface area contributed by atoms with Crippen LogP contribution in [0.1, 0.15) is 24.0 Å². The van der Waals surface area contributed by atoms with Gasteiger partial charge in [-0.15, -0.1) is 11.3 Å². The number of ketones is 2. The number of benzene rings is 3. The Morgan fingerprint density at radius 1 is 0.766 bits per heavy atom. The molecule has 0 bridgehead atoms. The van der Waals surface area contributed by atoms with E-state index in [9.17, 15) is 18.4 Å². The summed E-state index contributed by atoms with van der Waals surface area (Å²) in [6.07, 6.45) is -2.65. The van der Waals surface area contributed by atoms with Crippen LogP contribution < -0.4 is 4.90 Å². The second-order valence-electron chi connectivity index (χ2n) is 12.1. The summed E-state index contributed by atoms with van der Waals surface area (Å²) >= 11 is 2.58. The first-order chi connectivity index (χ1) is 22.8. The molecule has 2 fully saturated rings. The van der Waals surface area contributed by atoms with E-state index in [1.807, 2.05) is 12.1 Å². The number of nitrogens with zero attached hydrogens (tertiary/aromatic N) is 5. The molecule has 47 heavy (non-hydrogen) atoms. The number of rotatable bonds is 5. The lowest BCUT2D eigenvalue weighted by Gasteiger charge is -2.27. The van der Waals surface area contributed by atoms with Gasteiger partial charge in [0.1, 0.15) is 39.8 Å². The van der Waals surface area contributed by atoms with Gasteiger partial charge >= 0.3 is 0 Å². The SMILES string of the molecule is Cc1ccc(N(c2ccc(C)cc2)c2sc(-c3ncc(N=C4C(=O)C5CC(F)C(F)CC5C4=O)c4nsnc34)c3ccccc23)cc1. The van der Waals surface area contributed by atoms with Gasteiger partial charge in [-0.1, -0.05) is 59.7 Å². The molecule has 0 radical (unpaired) electrons. The van der Waals surface area contributed by atoms with Gasteiger partial charge in [-0.3, -0.25) is 14.6 Å². The minimum Gasteiger partial charge on any atom is -0.301 e. The van der Waals surface area contributed by atoms with Crippen LogP contribution >= 0.6 is 23.1 Å². The van der Waals surface area contributed by atoms with E-state index in [4.69, 9.17) is 4.98 Å². The Morgan fingerprint density at radius 2 is 1.32 bits per heavy atom. The van der Waals surface area contributed by atoms with E-state index in [-0.39, 0.29) is 24.2 Å². The van der Waals surface area contributed by atoms with Crippen molar-refractivity contribution in [1.29, 1.82) is 0 Å². The highest BCUT2D eigenvalue weighted by Crippen LogP contribution is 2.50. The van der Waals surface area contributed by atoms with Gasteiger partial charge < -0.3 is 4.90 Å². The summed E-state index contributed by atoms with van der Waals surface area (Å²) in [6.45, 7) is 4.13. The van der Waals surface area contributed by atoms with Gasteiger partial charge in [0.05, 0.1) is 22.8 Å². The average Bonchev–Trinajstić information content (AvgIpc) is 3.77. The van der Waals surface area contributed by atoms with E-state index < -0.39 is 35.7 Å². The molecule has 3 heterocycles. The van der Waals surface area contributed by atoms with Crippen LogP contribution in [0.15, 0.2) is 84.0 Å². The van der Waals surface area contributed by atoms with Gasteiger partial charge in [-0.2, -0.15) is 8.75 Å². The summed E-state index contributed by atoms with van der Waals surface area (Å²) in [5, 5.41) is 3.04. The maximum absolute atomic E-state index is 14.1. The molecule has 0 saturated heterocycles. The highest BCUT2D eigenvalue weighted by Gasteiger charge is 2.52. The number of carbonyl (C=O) groups is 2. The Hall–Kier alpha value is -4.74. The summed E-state index contributed by atoms with van der Waals surface area (Å²) in [7, 11) is 0. The molecule has 6 aromatic rings. The lowest BCUT2D eigenvalue weighted by atomic mass is 9.79. The number of aliphatic imine (C=N–C) groups is 1. The molecular formula is C36H27F2N5O2S2. The van der Waals surface area contributed by atoms with Crippen molar-refractivity contribution in [3.05, 3.63) is 90.1 Å². The third-order valence-corrected chi connectivity index (χ3v) is 10.8. The normalized spacial score (nSPS) is 21.1. The van der Waals surface area contributed by atoms with Crippen LogP contribution in [0.5, 0.6) is 0 Å². The molecule has 3 aromatic heterocycles. The third kappa shape index (κ3) is 4.96. The number of carbonyl (C=O) groups excluding carboxylic acids is 2. The summed E-state index contributed by atoms with van der Waals surface area (Å²) in [5.41, 5.74) is 5.81. The first-order valence-corrected chi connectivity index (χ1v) is 16.8. The highest BCUT2D eigenvalue weighted by atomic mass is 32.1. The zero-order valence-electron chi connectivity index (χ0n) is 25.4. The molecule has 3 aromatic carbocycles. The van der Waals surface area contributed by atoms with E-state index >= 15 is 0 Å². The number of alkyl halides is 2. The molecule has 7 nitrogen and oxygen atoms in total. The smallest absolute Gasteiger partial charge is 0.188 e. The Bertz CT molecular complexity index is 2150. The standard InChI is InChI=1S/C36H27F2N5O2S2/c1-18-7-11-20(12-8-18)43(21-13-9-19(2)10-14-21)36-23-6-4-3-5-22(23)35(46-36)31-30-29(41-47-42-30)28(17-39-31)40-32-33(44)24-15-26(37)27(38)16-25(24)34(32)45/h3-14,17,24-27H,15-16H2,1-2H3. The second kappa shape index (κ2) is 11.5. The van der Waals surface area contributed by atoms with E-state index in [1.54, 1.807) is 11.3 Å². The topological polar surface area (TPSA) is 88.4 Å². The Kier molecular flexibility index (Phi) is 7.25. The number of thiophene rings is 1. The highest BCUT2D eigenvalue weighted by molar-refractivity contribution is 7.21. The number of aromatic nitrogens is 3. The summed E-state index contributed by atoms with van der Waals surface area (Å²) < 4.78 is 37.3. The molecule has 234 valence electrons. The van der Waals surface area contributed by atoms with Crippen molar-refractivity contribution in [2.75, 3.05) is 4.90 Å². The van der Waals surface area contributed by atoms with Crippen molar-refractivity contribution in [1.82, 2.24) is 13.7 Å². The van der Waals surface area contributed by atoms with Crippen LogP contribution in [0, 0.1) is 25.7 Å². The number of fused-ring (bicyclic) bond motifs is 3. The van der Waals surface area contributed by atoms with Gasteiger partial charge in [-0.05, 0) is 51.0 Å². The predicted molar refractivity (Wildman–Crippen MR) is 183 cm³/mol. The third-order valence-electron chi connectivity index (χ3n) is 9.08. The van der Waals surface area contributed by atoms with Crippen molar-refractivity contribution in [3.8, 4) is 10.6 Å². The molecule has 2 aliphatic carbocycles. The quantitative estimate of drug-likeness (QED) is 0.183. The fraction of sp³-hybridized carbons (Fsp3) is 0.222. The fourth-order valence-corrected chi connectivity index (χ4v) is 8.46. The molecule has 4 unspecified atom stereocenters. The number of Topliss-reactive ketones (excluding diaryl/α,β-unsaturated/α-hetero) is 2. The first-order valence-electron chi connectivity index (χ1n) is 15.3. The van der Waals surface area contributed by atoms with Gasteiger partial charge in [0.25, 0.3) is 0 Å². The number of aryl methyl sites for hydroxylation is 2. The van der Waals surface area contributed by atoms with E-state index in [0.717, 1.165) is 43.8 Å². The first kappa shape index (κ1) is 29.6. The average molecular weight is 664 g/mol. The van der Waals surface area contributed by atoms with Crippen LogP contribution in [-0.2, 0) is 9.59 Å².